The van der Waals surface area contributed by atoms with Crippen molar-refractivity contribution in [3.63, 3.8) is 0 Å². The highest BCUT2D eigenvalue weighted by Gasteiger charge is 2.21. The van der Waals surface area contributed by atoms with E-state index < -0.39 is 0 Å². The Balaban J connectivity index is 1.92. The minimum Gasteiger partial charge on any atom is -0.497 e. The van der Waals surface area contributed by atoms with Crippen molar-refractivity contribution in [3.05, 3.63) is 94.3 Å². The second-order valence-electron chi connectivity index (χ2n) is 9.77. The highest BCUT2D eigenvalue weighted by atomic mass is 16.5. The molecule has 0 aliphatic rings. The van der Waals surface area contributed by atoms with E-state index in [-0.39, 0.29) is 30.9 Å². The molecule has 0 saturated heterocycles. The van der Waals surface area contributed by atoms with Gasteiger partial charge in [0.05, 0.1) is 33.9 Å². The Labute approximate surface area is 236 Å². The number of hydrogen-bond acceptors (Lipinski definition) is 6. The summed E-state index contributed by atoms with van der Waals surface area (Å²) in [5.74, 6) is 1.53. The zero-order valence-electron chi connectivity index (χ0n) is 23.7. The number of carbonyl (C=O) groups excluding carboxylic acids is 2. The largest absolute Gasteiger partial charge is 0.497 e. The Morgan fingerprint density at radius 1 is 0.925 bits per heavy atom. The van der Waals surface area contributed by atoms with Crippen LogP contribution in [0.2, 0.25) is 0 Å². The van der Waals surface area contributed by atoms with Crippen LogP contribution in [0.4, 0.5) is 5.69 Å². The van der Waals surface area contributed by atoms with E-state index >= 15 is 0 Å². The molecule has 1 unspecified atom stereocenters. The molecule has 0 aliphatic heterocycles. The van der Waals surface area contributed by atoms with Crippen LogP contribution in [0.25, 0.3) is 4.85 Å². The molecule has 0 aromatic heterocycles. The Morgan fingerprint density at radius 3 is 2.27 bits per heavy atom. The third-order valence-electron chi connectivity index (χ3n) is 6.39. The van der Waals surface area contributed by atoms with Crippen LogP contribution in [0.15, 0.2) is 60.7 Å². The van der Waals surface area contributed by atoms with E-state index in [0.717, 1.165) is 16.7 Å². The molecule has 0 radical (unpaired) electrons. The molecule has 1 atom stereocenters. The molecule has 0 saturated carbocycles. The smallest absolute Gasteiger partial charge is 0.305 e. The van der Waals surface area contributed by atoms with Gasteiger partial charge in [0.25, 0.3) is 5.91 Å². The zero-order valence-corrected chi connectivity index (χ0v) is 23.7. The van der Waals surface area contributed by atoms with Crippen LogP contribution in [0.5, 0.6) is 17.2 Å². The highest BCUT2D eigenvalue weighted by molar-refractivity contribution is 5.96. The molecule has 40 heavy (non-hydrogen) atoms. The monoisotopic (exact) mass is 544 g/mol. The summed E-state index contributed by atoms with van der Waals surface area (Å²) < 4.78 is 21.6. The number of aryl methyl sites for hydroxylation is 1. The van der Waals surface area contributed by atoms with Crippen molar-refractivity contribution in [2.24, 2.45) is 5.92 Å². The van der Waals surface area contributed by atoms with E-state index in [0.29, 0.717) is 47.3 Å². The van der Waals surface area contributed by atoms with Gasteiger partial charge in [0, 0.05) is 18.1 Å². The molecular formula is C32H36N2O6. The molecule has 0 spiro atoms. The minimum atomic E-state index is -0.348. The maximum atomic E-state index is 13.8. The van der Waals surface area contributed by atoms with Gasteiger partial charge < -0.3 is 24.3 Å². The number of hydrogen-bond donors (Lipinski definition) is 1. The number of nitrogens with zero attached hydrogens (tertiary/aromatic N) is 1. The van der Waals surface area contributed by atoms with Crippen molar-refractivity contribution in [1.82, 2.24) is 5.32 Å². The summed E-state index contributed by atoms with van der Waals surface area (Å²) in [4.78, 5) is 29.1. The summed E-state index contributed by atoms with van der Waals surface area (Å²) in [6, 6.07) is 17.7. The van der Waals surface area contributed by atoms with Crippen molar-refractivity contribution in [2.45, 2.75) is 45.8 Å². The van der Waals surface area contributed by atoms with E-state index in [1.54, 1.807) is 50.6 Å². The maximum Gasteiger partial charge on any atom is 0.305 e. The summed E-state index contributed by atoms with van der Waals surface area (Å²) in [7, 11) is 4.53. The number of esters is 1. The zero-order chi connectivity index (χ0) is 29.1. The maximum absolute atomic E-state index is 13.8. The summed E-state index contributed by atoms with van der Waals surface area (Å²) in [5.41, 5.74) is 3.33. The first kappa shape index (κ1) is 30.0. The van der Waals surface area contributed by atoms with Gasteiger partial charge in [0.15, 0.2) is 5.69 Å². The lowest BCUT2D eigenvalue weighted by Gasteiger charge is -2.23. The topological polar surface area (TPSA) is 87.5 Å². The summed E-state index contributed by atoms with van der Waals surface area (Å²) in [6.07, 6.45) is 1.20. The minimum absolute atomic E-state index is 0.151. The lowest BCUT2D eigenvalue weighted by Crippen LogP contribution is -2.30. The fourth-order valence-electron chi connectivity index (χ4n) is 4.31. The second-order valence-corrected chi connectivity index (χ2v) is 9.77. The number of ether oxygens (including phenoxy) is 4. The van der Waals surface area contributed by atoms with Crippen LogP contribution < -0.4 is 19.5 Å². The SMILES string of the molecule is [C-]#[N+]c1cccc(OCc2ccc(CCC(=O)OC)c(C(=O)NC(CC(C)C)c3cc(OC)cc(OC)c3)c2)c1. The van der Waals surface area contributed by atoms with Gasteiger partial charge in [-0.15, -0.1) is 0 Å². The fraction of sp³-hybridized carbons (Fsp3) is 0.344. The van der Waals surface area contributed by atoms with Gasteiger partial charge in [-0.1, -0.05) is 38.1 Å². The van der Waals surface area contributed by atoms with Crippen molar-refractivity contribution in [3.8, 4) is 17.2 Å². The molecule has 0 fully saturated rings. The molecule has 210 valence electrons. The molecule has 3 rings (SSSR count). The highest BCUT2D eigenvalue weighted by Crippen LogP contribution is 2.30. The number of amides is 1. The first-order chi connectivity index (χ1) is 19.3. The van der Waals surface area contributed by atoms with Gasteiger partial charge >= 0.3 is 5.97 Å². The van der Waals surface area contributed by atoms with Gasteiger partial charge in [-0.25, -0.2) is 4.85 Å². The van der Waals surface area contributed by atoms with Crippen LogP contribution in [-0.4, -0.2) is 33.2 Å². The molecule has 3 aromatic carbocycles. The van der Waals surface area contributed by atoms with Gasteiger partial charge in [-0.05, 0) is 65.8 Å². The number of methoxy groups -OCH3 is 3. The van der Waals surface area contributed by atoms with Crippen LogP contribution >= 0.6 is 0 Å². The van der Waals surface area contributed by atoms with Gasteiger partial charge in [-0.2, -0.15) is 0 Å². The molecular weight excluding hydrogens is 508 g/mol. The Hall–Kier alpha value is -4.51. The summed E-state index contributed by atoms with van der Waals surface area (Å²) >= 11 is 0. The normalized spacial score (nSPS) is 11.3. The molecule has 1 amide bonds. The molecule has 0 aliphatic carbocycles. The van der Waals surface area contributed by atoms with Crippen LogP contribution in [-0.2, 0) is 22.6 Å². The van der Waals surface area contributed by atoms with E-state index in [1.807, 2.05) is 24.3 Å². The predicted molar refractivity (Wildman–Crippen MR) is 153 cm³/mol. The molecule has 0 bridgehead atoms. The van der Waals surface area contributed by atoms with Gasteiger partial charge in [0.1, 0.15) is 23.9 Å². The molecule has 8 nitrogen and oxygen atoms in total. The van der Waals surface area contributed by atoms with Crippen LogP contribution in [0.3, 0.4) is 0 Å². The Morgan fingerprint density at radius 2 is 1.65 bits per heavy atom. The van der Waals surface area contributed by atoms with E-state index in [9.17, 15) is 9.59 Å². The number of rotatable bonds is 13. The molecule has 8 heteroatoms. The van der Waals surface area contributed by atoms with Crippen LogP contribution in [0, 0.1) is 12.5 Å². The van der Waals surface area contributed by atoms with Crippen molar-refractivity contribution in [2.75, 3.05) is 21.3 Å². The van der Waals surface area contributed by atoms with Gasteiger partial charge in [-0.3, -0.25) is 9.59 Å². The first-order valence-electron chi connectivity index (χ1n) is 13.1. The second kappa shape index (κ2) is 14.6. The fourth-order valence-corrected chi connectivity index (χ4v) is 4.31. The van der Waals surface area contributed by atoms with E-state index in [1.165, 1.54) is 7.11 Å². The number of carbonyl (C=O) groups is 2. The number of benzene rings is 3. The van der Waals surface area contributed by atoms with Crippen molar-refractivity contribution in [1.29, 1.82) is 0 Å². The lowest BCUT2D eigenvalue weighted by molar-refractivity contribution is -0.140. The predicted octanol–water partition coefficient (Wildman–Crippen LogP) is 6.46. The van der Waals surface area contributed by atoms with E-state index in [4.69, 9.17) is 25.5 Å². The Kier molecular flexibility index (Phi) is 11.0. The third kappa shape index (κ3) is 8.50. The lowest BCUT2D eigenvalue weighted by atomic mass is 9.95. The average Bonchev–Trinajstić information content (AvgIpc) is 2.98. The van der Waals surface area contributed by atoms with Crippen LogP contribution in [0.1, 0.15) is 59.8 Å². The number of nitrogens with one attached hydrogen (secondary N) is 1. The molecule has 3 aromatic rings. The Bertz CT molecular complexity index is 1340. The van der Waals surface area contributed by atoms with Crippen molar-refractivity contribution >= 4 is 17.6 Å². The average molecular weight is 545 g/mol. The summed E-state index contributed by atoms with van der Waals surface area (Å²) in [5, 5.41) is 3.20. The van der Waals surface area contributed by atoms with E-state index in [2.05, 4.69) is 24.0 Å². The standard InChI is InChI=1S/C32H36N2O6/c1-21(2)14-30(24-16-27(37-4)19-28(17-24)38-5)34-32(36)29-15-22(10-11-23(29)12-13-31(35)39-6)20-40-26-9-7-8-25(18-26)33-3/h7-11,15-19,21,30H,12-14,20H2,1-2,4-6H3,(H,34,36). The van der Waals surface area contributed by atoms with Crippen molar-refractivity contribution < 1.29 is 28.5 Å². The summed E-state index contributed by atoms with van der Waals surface area (Å²) in [6.45, 7) is 11.6. The first-order valence-corrected chi connectivity index (χ1v) is 13.1. The molecule has 0 heterocycles. The third-order valence-corrected chi connectivity index (χ3v) is 6.39. The van der Waals surface area contributed by atoms with Gasteiger partial charge in [0.2, 0.25) is 0 Å². The molecule has 1 N–H and O–H groups in total. The quantitative estimate of drug-likeness (QED) is 0.196.